The van der Waals surface area contributed by atoms with Crippen LogP contribution >= 0.6 is 0 Å². The lowest BCUT2D eigenvalue weighted by atomic mass is 9.85. The van der Waals surface area contributed by atoms with Crippen molar-refractivity contribution in [1.29, 1.82) is 0 Å². The first-order valence-electron chi connectivity index (χ1n) is 44.6. The molecule has 0 saturated carbocycles. The average Bonchev–Trinajstić information content (AvgIpc) is 1.51. The van der Waals surface area contributed by atoms with Gasteiger partial charge in [0.1, 0.15) is 0 Å². The van der Waals surface area contributed by atoms with Crippen LogP contribution in [0.2, 0.25) is 0 Å². The first kappa shape index (κ1) is 71.2. The van der Waals surface area contributed by atoms with E-state index < -0.39 is 0 Å². The number of benzene rings is 20. The third-order valence-corrected chi connectivity index (χ3v) is 28.0. The second kappa shape index (κ2) is 27.6. The summed E-state index contributed by atoms with van der Waals surface area (Å²) in [7, 11) is 0. The Hall–Kier alpha value is -17.2. The number of rotatable bonds is 9. The monoisotopic (exact) mass is 1640 g/mol. The SMILES string of the molecule is c1ccc2c(c1)-c1ccccc1C2c1c(-n2c3ccccc3c3ccccc32)c(-n2c3ccccc3c3ccccc32)cc(-n2c3ccccc3c3ccccc32)c1-n1c2ccccc2c2ccccc21.c1ccc2c(c1)c1ccccc1n2-c1cc(-n2c3ccccc3c3ccccc32)c(-n2c3ccccc3c3ccccc32)cc1-n1c2ccccc2c2ccccc21. The largest absolute Gasteiger partial charge is 0.307 e. The molecule has 8 heterocycles. The fourth-order valence-electron chi connectivity index (χ4n) is 22.9. The van der Waals surface area contributed by atoms with E-state index in [1.54, 1.807) is 0 Å². The molecule has 0 saturated heterocycles. The Balaban J connectivity index is 0.000000133. The van der Waals surface area contributed by atoms with E-state index in [-0.39, 0.29) is 5.92 Å². The van der Waals surface area contributed by atoms with Gasteiger partial charge in [-0.25, -0.2) is 0 Å². The number of hydrogen-bond acceptors (Lipinski definition) is 0. The van der Waals surface area contributed by atoms with E-state index in [0.29, 0.717) is 0 Å². The van der Waals surface area contributed by atoms with E-state index >= 15 is 0 Å². The van der Waals surface area contributed by atoms with Crippen LogP contribution in [0.5, 0.6) is 0 Å². The minimum absolute atomic E-state index is 0.188. The summed E-state index contributed by atoms with van der Waals surface area (Å²) in [6.07, 6.45) is 0. The predicted molar refractivity (Wildman–Crippen MR) is 540 cm³/mol. The Morgan fingerprint density at radius 3 is 0.434 bits per heavy atom. The van der Waals surface area contributed by atoms with Crippen LogP contribution in [-0.2, 0) is 0 Å². The van der Waals surface area contributed by atoms with Gasteiger partial charge in [-0.1, -0.05) is 340 Å². The summed E-state index contributed by atoms with van der Waals surface area (Å²) in [6, 6.07) is 169. The fraction of sp³-hybridized carbons (Fsp3) is 0.00826. The summed E-state index contributed by atoms with van der Waals surface area (Å²) >= 11 is 0. The molecule has 8 nitrogen and oxygen atoms in total. The Morgan fingerprint density at radius 1 is 0.124 bits per heavy atom. The Bertz CT molecular complexity index is 8410. The molecule has 1 aliphatic carbocycles. The summed E-state index contributed by atoms with van der Waals surface area (Å²) in [5.41, 5.74) is 33.9. The molecule has 129 heavy (non-hydrogen) atoms. The second-order valence-corrected chi connectivity index (χ2v) is 34.4. The van der Waals surface area contributed by atoms with E-state index in [2.05, 4.69) is 492 Å². The Morgan fingerprint density at radius 2 is 0.256 bits per heavy atom. The van der Waals surface area contributed by atoms with E-state index in [0.717, 1.165) is 89.6 Å². The van der Waals surface area contributed by atoms with Crippen molar-refractivity contribution in [3.63, 3.8) is 0 Å². The number of nitrogens with zero attached hydrogens (tertiary/aromatic N) is 8. The summed E-state index contributed by atoms with van der Waals surface area (Å²) in [5, 5.41) is 19.6. The van der Waals surface area contributed by atoms with Gasteiger partial charge < -0.3 is 36.5 Å². The van der Waals surface area contributed by atoms with Crippen molar-refractivity contribution < 1.29 is 0 Å². The molecule has 0 bridgehead atoms. The number of fused-ring (bicyclic) bond motifs is 27. The lowest BCUT2D eigenvalue weighted by Gasteiger charge is -2.31. The van der Waals surface area contributed by atoms with Crippen LogP contribution in [0.15, 0.2) is 455 Å². The van der Waals surface area contributed by atoms with Crippen molar-refractivity contribution >= 4 is 174 Å². The standard InChI is InChI=1S/C67H42N4.C54H34N4/c1-3-31-52-42(21-1)43-22-2-4-32-53(43)64(52)65-66(70-58-37-17-9-27-48(58)49-28-10-18-38-59(49)70)62(68-54-33-13-5-23-44(54)45-24-6-14-34-55(45)68)41-63(69-56-35-15-7-25-46(56)47-26-8-16-36-57(47)69)67(65)71-60-39-19-11-29-50(60)51-30-12-20-40-61(51)71;1-9-25-43-35(17-1)36-18-2-10-26-44(36)55(43)51-33-53(57-47-29-13-5-21-39(47)40-22-6-14-30-48(40)57)54(58-49-31-15-7-23-41(49)42-24-8-16-32-50(42)58)34-52(51)56-45-27-11-3-19-37(45)38-20-4-12-28-46(38)56/h1-41,64H;1-34H. The molecule has 0 N–H and O–H groups in total. The molecule has 1 aliphatic rings. The Labute approximate surface area is 740 Å². The zero-order valence-electron chi connectivity index (χ0n) is 70.0. The highest BCUT2D eigenvalue weighted by Crippen LogP contribution is 2.57. The lowest BCUT2D eigenvalue weighted by Crippen LogP contribution is -2.18. The quantitative estimate of drug-likeness (QED) is 0.138. The maximum Gasteiger partial charge on any atom is 0.0767 e. The van der Waals surface area contributed by atoms with Gasteiger partial charge in [0.15, 0.2) is 0 Å². The molecule has 8 aromatic heterocycles. The van der Waals surface area contributed by atoms with E-state index in [4.69, 9.17) is 0 Å². The summed E-state index contributed by atoms with van der Waals surface area (Å²) < 4.78 is 20.4. The maximum atomic E-state index is 2.62. The predicted octanol–water partition coefficient (Wildman–Crippen LogP) is 31.3. The summed E-state index contributed by atoms with van der Waals surface area (Å²) in [4.78, 5) is 0. The number of para-hydroxylation sites is 16. The van der Waals surface area contributed by atoms with Crippen LogP contribution in [0.4, 0.5) is 0 Å². The fourth-order valence-corrected chi connectivity index (χ4v) is 22.9. The smallest absolute Gasteiger partial charge is 0.0767 e. The summed E-state index contributed by atoms with van der Waals surface area (Å²) in [5.74, 6) is -0.188. The minimum Gasteiger partial charge on any atom is -0.307 e. The molecular weight excluding hydrogens is 1570 g/mol. The number of hydrogen-bond donors (Lipinski definition) is 0. The van der Waals surface area contributed by atoms with Gasteiger partial charge in [0.05, 0.1) is 134 Å². The molecular formula is C121H76N8. The molecule has 0 amide bonds. The molecule has 28 aromatic rings. The Kier molecular flexibility index (Phi) is 15.3. The molecule has 0 fully saturated rings. The molecule has 0 radical (unpaired) electrons. The molecule has 0 unspecified atom stereocenters. The van der Waals surface area contributed by atoms with Crippen LogP contribution in [0.1, 0.15) is 22.6 Å². The van der Waals surface area contributed by atoms with Crippen molar-refractivity contribution in [2.45, 2.75) is 5.92 Å². The molecule has 0 aliphatic heterocycles. The van der Waals surface area contributed by atoms with E-state index in [1.165, 1.54) is 158 Å². The molecule has 0 atom stereocenters. The third kappa shape index (κ3) is 10.1. The lowest BCUT2D eigenvalue weighted by molar-refractivity contribution is 0.932. The van der Waals surface area contributed by atoms with E-state index in [9.17, 15) is 0 Å². The van der Waals surface area contributed by atoms with Gasteiger partial charge in [0.2, 0.25) is 0 Å². The zero-order valence-corrected chi connectivity index (χ0v) is 70.0. The van der Waals surface area contributed by atoms with Gasteiger partial charge >= 0.3 is 0 Å². The van der Waals surface area contributed by atoms with Gasteiger partial charge in [0.25, 0.3) is 0 Å². The van der Waals surface area contributed by atoms with Gasteiger partial charge in [-0.15, -0.1) is 0 Å². The highest BCUT2D eigenvalue weighted by atomic mass is 15.1. The van der Waals surface area contributed by atoms with Crippen molar-refractivity contribution in [2.75, 3.05) is 0 Å². The second-order valence-electron chi connectivity index (χ2n) is 34.4. The summed E-state index contributed by atoms with van der Waals surface area (Å²) in [6.45, 7) is 0. The van der Waals surface area contributed by atoms with Gasteiger partial charge in [-0.2, -0.15) is 0 Å². The molecule has 20 aromatic carbocycles. The average molecular weight is 1640 g/mol. The molecule has 600 valence electrons. The van der Waals surface area contributed by atoms with Gasteiger partial charge in [-0.05, 0) is 138 Å². The topological polar surface area (TPSA) is 39.4 Å². The normalized spacial score (nSPS) is 12.5. The van der Waals surface area contributed by atoms with Crippen LogP contribution in [0.25, 0.3) is 231 Å². The van der Waals surface area contributed by atoms with Crippen molar-refractivity contribution in [2.24, 2.45) is 0 Å². The first-order valence-corrected chi connectivity index (χ1v) is 44.6. The molecule has 29 rings (SSSR count). The third-order valence-electron chi connectivity index (χ3n) is 28.0. The van der Waals surface area contributed by atoms with Crippen LogP contribution < -0.4 is 0 Å². The van der Waals surface area contributed by atoms with Crippen LogP contribution in [0, 0.1) is 0 Å². The van der Waals surface area contributed by atoms with Crippen LogP contribution in [0.3, 0.4) is 0 Å². The first-order chi connectivity index (χ1) is 64.1. The van der Waals surface area contributed by atoms with Gasteiger partial charge in [-0.3, -0.25) is 0 Å². The van der Waals surface area contributed by atoms with Crippen molar-refractivity contribution in [3.8, 4) is 56.6 Å². The molecule has 0 spiro atoms. The van der Waals surface area contributed by atoms with E-state index in [1.807, 2.05) is 0 Å². The number of aromatic nitrogens is 8. The van der Waals surface area contributed by atoms with Gasteiger partial charge in [0, 0.05) is 97.7 Å². The minimum atomic E-state index is -0.188. The maximum absolute atomic E-state index is 2.62. The van der Waals surface area contributed by atoms with Crippen LogP contribution in [-0.4, -0.2) is 36.5 Å². The van der Waals surface area contributed by atoms with Crippen molar-refractivity contribution in [1.82, 2.24) is 36.5 Å². The zero-order chi connectivity index (χ0) is 84.2. The highest BCUT2D eigenvalue weighted by Gasteiger charge is 2.40. The van der Waals surface area contributed by atoms with Crippen molar-refractivity contribution in [3.05, 3.63) is 472 Å². The molecule has 8 heteroatoms. The highest BCUT2D eigenvalue weighted by molar-refractivity contribution is 6.19.